The Bertz CT molecular complexity index is 2090. The zero-order valence-electron chi connectivity index (χ0n) is 30.9. The Morgan fingerprint density at radius 1 is 0.673 bits per heavy atom. The number of aliphatic carboxylic acids is 2. The molecule has 7 heteroatoms. The molecule has 0 aliphatic carbocycles. The molecule has 0 bridgehead atoms. The first kappa shape index (κ1) is 38.7. The van der Waals surface area contributed by atoms with Crippen LogP contribution >= 0.6 is 0 Å². The number of benzene rings is 4. The maximum atomic E-state index is 11.1. The first-order valence-corrected chi connectivity index (χ1v) is 18.5. The smallest absolute Gasteiger partial charge is 0.303 e. The molecular formula is C45H51BrN2O4. The summed E-state index contributed by atoms with van der Waals surface area (Å²) >= 11 is 0. The molecule has 0 unspecified atom stereocenters. The molecule has 0 fully saturated rings. The number of carboxylic acids is 2. The van der Waals surface area contributed by atoms with Crippen LogP contribution in [0.1, 0.15) is 90.2 Å². The minimum Gasteiger partial charge on any atom is -1.00 e. The van der Waals surface area contributed by atoms with E-state index in [0.29, 0.717) is 12.8 Å². The molecule has 4 aromatic rings. The van der Waals surface area contributed by atoms with Crippen LogP contribution in [0.25, 0.3) is 21.5 Å². The highest BCUT2D eigenvalue weighted by Gasteiger charge is 2.45. The molecule has 4 aromatic carbocycles. The molecule has 2 heterocycles. The van der Waals surface area contributed by atoms with Crippen molar-refractivity contribution in [2.24, 2.45) is 0 Å². The van der Waals surface area contributed by atoms with Gasteiger partial charge in [-0.25, -0.2) is 0 Å². The molecule has 0 amide bonds. The summed E-state index contributed by atoms with van der Waals surface area (Å²) in [6.07, 6.45) is 16.3. The number of unbranched alkanes of at least 4 members (excludes halogenated alkanes) is 4. The van der Waals surface area contributed by atoms with E-state index in [0.717, 1.165) is 38.8 Å². The second-order valence-corrected chi connectivity index (χ2v) is 15.0. The molecule has 6 rings (SSSR count). The maximum absolute atomic E-state index is 11.1. The number of carboxylic acid groups (broad SMARTS) is 2. The van der Waals surface area contributed by atoms with Crippen LogP contribution in [-0.2, 0) is 20.4 Å². The van der Waals surface area contributed by atoms with Crippen LogP contribution < -0.4 is 21.9 Å². The molecule has 0 spiro atoms. The number of fused-ring (bicyclic) bond motifs is 6. The van der Waals surface area contributed by atoms with Crippen LogP contribution in [0, 0.1) is 0 Å². The van der Waals surface area contributed by atoms with E-state index >= 15 is 0 Å². The lowest BCUT2D eigenvalue weighted by molar-refractivity contribution is -0.438. The van der Waals surface area contributed by atoms with Gasteiger partial charge in [0.05, 0.1) is 5.41 Å². The molecule has 0 radical (unpaired) electrons. The summed E-state index contributed by atoms with van der Waals surface area (Å²) in [5.41, 5.74) is 7.21. The van der Waals surface area contributed by atoms with Gasteiger partial charge >= 0.3 is 11.9 Å². The third kappa shape index (κ3) is 7.80. The third-order valence-electron chi connectivity index (χ3n) is 10.8. The van der Waals surface area contributed by atoms with Crippen LogP contribution in [0.15, 0.2) is 109 Å². The Kier molecular flexibility index (Phi) is 12.3. The van der Waals surface area contributed by atoms with Crippen LogP contribution in [0.4, 0.5) is 11.4 Å². The number of halogens is 1. The summed E-state index contributed by atoms with van der Waals surface area (Å²) in [7, 11) is 0. The Hall–Kier alpha value is -4.49. The monoisotopic (exact) mass is 762 g/mol. The predicted molar refractivity (Wildman–Crippen MR) is 210 cm³/mol. The summed E-state index contributed by atoms with van der Waals surface area (Å²) in [5, 5.41) is 23.3. The Labute approximate surface area is 318 Å². The Morgan fingerprint density at radius 2 is 1.27 bits per heavy atom. The molecule has 0 saturated carbocycles. The number of allylic oxidation sites excluding steroid dienone is 6. The summed E-state index contributed by atoms with van der Waals surface area (Å²) in [4.78, 5) is 24.6. The van der Waals surface area contributed by atoms with Gasteiger partial charge < -0.3 is 32.1 Å². The van der Waals surface area contributed by atoms with E-state index < -0.39 is 11.9 Å². The predicted octanol–water partition coefficient (Wildman–Crippen LogP) is 7.46. The highest BCUT2D eigenvalue weighted by molar-refractivity contribution is 6.07. The van der Waals surface area contributed by atoms with Gasteiger partial charge in [-0.1, -0.05) is 93.1 Å². The van der Waals surface area contributed by atoms with Crippen LogP contribution in [0.2, 0.25) is 0 Å². The quantitative estimate of drug-likeness (QED) is 0.0748. The highest BCUT2D eigenvalue weighted by Crippen LogP contribution is 2.51. The topological polar surface area (TPSA) is 80.9 Å². The van der Waals surface area contributed by atoms with Gasteiger partial charge in [-0.2, -0.15) is 4.58 Å². The Balaban J connectivity index is 0.00000523. The second kappa shape index (κ2) is 16.5. The largest absolute Gasteiger partial charge is 1.00 e. The van der Waals surface area contributed by atoms with Gasteiger partial charge in [0.1, 0.15) is 6.54 Å². The van der Waals surface area contributed by atoms with Gasteiger partial charge in [-0.05, 0) is 84.8 Å². The highest BCUT2D eigenvalue weighted by atomic mass is 79.9. The average molecular weight is 764 g/mol. The number of hydrogen-bond acceptors (Lipinski definition) is 3. The first-order valence-electron chi connectivity index (χ1n) is 18.5. The lowest BCUT2D eigenvalue weighted by Gasteiger charge is -2.27. The molecular weight excluding hydrogens is 712 g/mol. The fraction of sp³-hybridized carbons (Fsp3) is 0.356. The number of carbonyl (C=O) groups is 2. The van der Waals surface area contributed by atoms with E-state index in [2.05, 4.69) is 140 Å². The van der Waals surface area contributed by atoms with Crippen LogP contribution in [0.5, 0.6) is 0 Å². The van der Waals surface area contributed by atoms with E-state index in [1.165, 1.54) is 55.5 Å². The lowest BCUT2D eigenvalue weighted by Crippen LogP contribution is -3.00. The van der Waals surface area contributed by atoms with Gasteiger partial charge in [-0.15, -0.1) is 0 Å². The van der Waals surface area contributed by atoms with Crippen molar-refractivity contribution in [3.63, 3.8) is 0 Å². The fourth-order valence-corrected chi connectivity index (χ4v) is 8.36. The van der Waals surface area contributed by atoms with Crippen molar-refractivity contribution < 1.29 is 41.4 Å². The fourth-order valence-electron chi connectivity index (χ4n) is 8.36. The van der Waals surface area contributed by atoms with Gasteiger partial charge in [0.15, 0.2) is 5.71 Å². The van der Waals surface area contributed by atoms with Gasteiger partial charge in [0.2, 0.25) is 5.69 Å². The summed E-state index contributed by atoms with van der Waals surface area (Å²) in [6.45, 7) is 10.9. The standard InChI is InChI=1S/C45H50N2O4.BrH/c1-44(2)38(46(30-16-6-10-24-40(48)49)36-28-26-32-18-12-14-20-34(32)42(36)44)22-8-5-9-23-39-45(3,4)43-35-21-15-13-19-33(35)27-29-37(43)47(39)31-17-7-11-25-41(50)51;/h5,8-9,12-15,18-23,26-29H,6-7,10-11,16-17,24-25,30-31H2,1-4H3,(H-,48,49,50,51);1H. The van der Waals surface area contributed by atoms with E-state index in [9.17, 15) is 9.59 Å². The zero-order valence-corrected chi connectivity index (χ0v) is 32.5. The molecule has 0 saturated heterocycles. The van der Waals surface area contributed by atoms with Crippen molar-refractivity contribution in [1.82, 2.24) is 0 Å². The van der Waals surface area contributed by atoms with Crippen molar-refractivity contribution in [2.45, 2.75) is 89.9 Å². The Morgan fingerprint density at radius 3 is 1.92 bits per heavy atom. The van der Waals surface area contributed by atoms with Crippen molar-refractivity contribution in [2.75, 3.05) is 18.0 Å². The van der Waals surface area contributed by atoms with Crippen molar-refractivity contribution in [1.29, 1.82) is 0 Å². The van der Waals surface area contributed by atoms with E-state index in [1.807, 2.05) is 0 Å². The summed E-state index contributed by atoms with van der Waals surface area (Å²) < 4.78 is 2.44. The molecule has 52 heavy (non-hydrogen) atoms. The van der Waals surface area contributed by atoms with Crippen molar-refractivity contribution >= 4 is 50.6 Å². The van der Waals surface area contributed by atoms with Crippen LogP contribution in [-0.4, -0.2) is 45.5 Å². The summed E-state index contributed by atoms with van der Waals surface area (Å²) in [6, 6.07) is 26.1. The number of hydrogen-bond donors (Lipinski definition) is 2. The lowest BCUT2D eigenvalue weighted by atomic mass is 9.79. The van der Waals surface area contributed by atoms with E-state index in [1.54, 1.807) is 0 Å². The minimum absolute atomic E-state index is 0. The molecule has 2 aliphatic heterocycles. The average Bonchev–Trinajstić information content (AvgIpc) is 3.46. The second-order valence-electron chi connectivity index (χ2n) is 15.0. The molecule has 0 aromatic heterocycles. The van der Waals surface area contributed by atoms with Crippen LogP contribution in [0.3, 0.4) is 0 Å². The summed E-state index contributed by atoms with van der Waals surface area (Å²) in [5.74, 6) is -1.47. The number of rotatable bonds is 15. The normalized spacial score (nSPS) is 16.7. The first-order chi connectivity index (χ1) is 24.5. The minimum atomic E-state index is -0.733. The zero-order chi connectivity index (χ0) is 36.2. The molecule has 0 atom stereocenters. The van der Waals surface area contributed by atoms with Gasteiger partial charge in [0.25, 0.3) is 0 Å². The van der Waals surface area contributed by atoms with Gasteiger partial charge in [0, 0.05) is 60.3 Å². The number of anilines is 1. The molecule has 2 aliphatic rings. The number of nitrogens with zero attached hydrogens (tertiary/aromatic N) is 2. The van der Waals surface area contributed by atoms with E-state index in [4.69, 9.17) is 10.2 Å². The van der Waals surface area contributed by atoms with Crippen molar-refractivity contribution in [3.05, 3.63) is 120 Å². The van der Waals surface area contributed by atoms with E-state index in [-0.39, 0.29) is 40.7 Å². The molecule has 2 N–H and O–H groups in total. The molecule has 272 valence electrons. The van der Waals surface area contributed by atoms with Crippen molar-refractivity contribution in [3.8, 4) is 0 Å². The maximum Gasteiger partial charge on any atom is 0.303 e. The molecule has 6 nitrogen and oxygen atoms in total. The third-order valence-corrected chi connectivity index (χ3v) is 10.8. The van der Waals surface area contributed by atoms with Gasteiger partial charge in [-0.3, -0.25) is 9.59 Å². The SMILES string of the molecule is CC1(C)C(/C=C/C=C/C=C2/N(CCCCCC(=O)O)c3ccc4ccccc4c3C2(C)C)=[N+](CCCCCC(=O)O)c2ccc3ccccc3c21.[Br-].